The molecule has 0 saturated carbocycles. The highest BCUT2D eigenvalue weighted by molar-refractivity contribution is 8.11. The maximum Gasteiger partial charge on any atom is 0.313 e. The Labute approximate surface area is 151 Å². The molecule has 0 aromatic heterocycles. The second-order valence-corrected chi connectivity index (χ2v) is 7.15. The Bertz CT molecular complexity index is 637. The molecule has 24 heavy (non-hydrogen) atoms. The zero-order chi connectivity index (χ0) is 17.7. The van der Waals surface area contributed by atoms with Crippen LogP contribution in [0, 0.1) is 5.82 Å². The van der Waals surface area contributed by atoms with Gasteiger partial charge in [0.05, 0.1) is 29.1 Å². The molecule has 1 aliphatic heterocycles. The van der Waals surface area contributed by atoms with Crippen LogP contribution in [0.1, 0.15) is 0 Å². The Kier molecular flexibility index (Phi) is 7.14. The lowest BCUT2D eigenvalue weighted by molar-refractivity contribution is -0.133. The van der Waals surface area contributed by atoms with E-state index in [9.17, 15) is 14.0 Å². The molecule has 3 N–H and O–H groups in total. The van der Waals surface area contributed by atoms with Crippen LogP contribution in [0.5, 0.6) is 0 Å². The largest absolute Gasteiger partial charge is 0.481 e. The van der Waals surface area contributed by atoms with Crippen molar-refractivity contribution in [3.05, 3.63) is 23.0 Å². The fraction of sp³-hybridized carbons (Fsp3) is 0.385. The molecule has 1 unspecified atom stereocenters. The fourth-order valence-corrected chi connectivity index (χ4v) is 3.58. The van der Waals surface area contributed by atoms with Gasteiger partial charge >= 0.3 is 5.97 Å². The van der Waals surface area contributed by atoms with E-state index in [4.69, 9.17) is 21.4 Å². The summed E-state index contributed by atoms with van der Waals surface area (Å²) in [6.07, 6.45) is -0.0170. The Morgan fingerprint density at radius 2 is 2.33 bits per heavy atom. The molecule has 11 heteroatoms. The van der Waals surface area contributed by atoms with Crippen molar-refractivity contribution in [1.82, 2.24) is 9.84 Å². The summed E-state index contributed by atoms with van der Waals surface area (Å²) in [6, 6.07) is 2.36. The highest BCUT2D eigenvalue weighted by Gasteiger charge is 2.24. The van der Waals surface area contributed by atoms with E-state index in [1.807, 2.05) is 0 Å². The summed E-state index contributed by atoms with van der Waals surface area (Å²) in [7, 11) is 1.58. The number of carboxylic acid groups (broad SMARTS) is 1. The first kappa shape index (κ1) is 19.3. The van der Waals surface area contributed by atoms with Crippen molar-refractivity contribution in [3.8, 4) is 0 Å². The standard InChI is InChI=1S/C13H15ClFN3O4S2/c1-22-7-4-16-18(5-7)24-13(21)17-10-3-11(23-6-12(19)20)8(14)2-9(10)15/h2-3,7,16H,4-6H2,1H3,(H,17,21)(H,19,20). The molecule has 0 aliphatic carbocycles. The molecule has 0 bridgehead atoms. The number of benzene rings is 1. The number of carbonyl (C=O) groups is 2. The number of carbonyl (C=O) groups excluding carboxylic acids is 1. The minimum atomic E-state index is -1.02. The average Bonchev–Trinajstić information content (AvgIpc) is 2.96. The highest BCUT2D eigenvalue weighted by atomic mass is 35.5. The van der Waals surface area contributed by atoms with E-state index in [1.165, 1.54) is 6.07 Å². The molecule has 132 valence electrons. The molecule has 1 aromatic rings. The second-order valence-electron chi connectivity index (χ2n) is 4.73. The summed E-state index contributed by atoms with van der Waals surface area (Å²) in [4.78, 5) is 23.0. The van der Waals surface area contributed by atoms with Gasteiger partial charge < -0.3 is 15.2 Å². The van der Waals surface area contributed by atoms with Gasteiger partial charge in [-0.25, -0.2) is 9.82 Å². The molecule has 1 aliphatic rings. The second kappa shape index (κ2) is 8.88. The lowest BCUT2D eigenvalue weighted by Gasteiger charge is -2.14. The first-order chi connectivity index (χ1) is 11.4. The molecule has 1 amide bonds. The van der Waals surface area contributed by atoms with Gasteiger partial charge in [0.25, 0.3) is 5.24 Å². The minimum absolute atomic E-state index is 0.0170. The zero-order valence-corrected chi connectivity index (χ0v) is 14.9. The summed E-state index contributed by atoms with van der Waals surface area (Å²) in [5, 5.41) is 10.7. The summed E-state index contributed by atoms with van der Waals surface area (Å²) in [5.41, 5.74) is 2.91. The highest BCUT2D eigenvalue weighted by Crippen LogP contribution is 2.32. The molecule has 1 heterocycles. The van der Waals surface area contributed by atoms with Crippen LogP contribution in [0.2, 0.25) is 5.02 Å². The number of hydrogen-bond donors (Lipinski definition) is 3. The summed E-state index contributed by atoms with van der Waals surface area (Å²) < 4.78 is 20.7. The van der Waals surface area contributed by atoms with E-state index in [0.29, 0.717) is 18.0 Å². The summed E-state index contributed by atoms with van der Waals surface area (Å²) >= 11 is 7.68. The first-order valence-electron chi connectivity index (χ1n) is 6.75. The van der Waals surface area contributed by atoms with Crippen molar-refractivity contribution in [2.75, 3.05) is 31.3 Å². The van der Waals surface area contributed by atoms with Gasteiger partial charge in [0.15, 0.2) is 0 Å². The van der Waals surface area contributed by atoms with Gasteiger partial charge in [-0.2, -0.15) is 4.41 Å². The number of carboxylic acids is 1. The maximum atomic E-state index is 13.9. The maximum absolute atomic E-state index is 13.9. The van der Waals surface area contributed by atoms with Gasteiger partial charge in [-0.05, 0) is 12.1 Å². The van der Waals surface area contributed by atoms with Crippen molar-refractivity contribution in [3.63, 3.8) is 0 Å². The monoisotopic (exact) mass is 395 g/mol. The number of ether oxygens (including phenoxy) is 1. The topological polar surface area (TPSA) is 90.9 Å². The normalized spacial score (nSPS) is 17.9. The number of rotatable bonds is 6. The third kappa shape index (κ3) is 5.50. The van der Waals surface area contributed by atoms with Crippen molar-refractivity contribution in [2.24, 2.45) is 0 Å². The van der Waals surface area contributed by atoms with Gasteiger partial charge in [-0.1, -0.05) is 11.6 Å². The van der Waals surface area contributed by atoms with E-state index in [0.717, 1.165) is 29.8 Å². The Hall–Kier alpha value is -1.04. The van der Waals surface area contributed by atoms with Gasteiger partial charge in [0.2, 0.25) is 0 Å². The molecule has 1 fully saturated rings. The molecule has 0 spiro atoms. The van der Waals surface area contributed by atoms with Crippen molar-refractivity contribution in [2.45, 2.75) is 11.0 Å². The number of halogens is 2. The molecule has 0 radical (unpaired) electrons. The first-order valence-corrected chi connectivity index (χ1v) is 8.89. The van der Waals surface area contributed by atoms with Crippen molar-refractivity contribution >= 4 is 52.2 Å². The predicted octanol–water partition coefficient (Wildman–Crippen LogP) is 2.67. The van der Waals surface area contributed by atoms with Gasteiger partial charge in [0, 0.05) is 30.5 Å². The van der Waals surface area contributed by atoms with Crippen LogP contribution in [0.4, 0.5) is 14.9 Å². The quantitative estimate of drug-likeness (QED) is 0.500. The Morgan fingerprint density at radius 3 is 2.96 bits per heavy atom. The van der Waals surface area contributed by atoms with E-state index in [1.54, 1.807) is 11.5 Å². The number of methoxy groups -OCH3 is 1. The fourth-order valence-electron chi connectivity index (χ4n) is 1.85. The summed E-state index contributed by atoms with van der Waals surface area (Å²) in [6.45, 7) is 1.10. The molecule has 1 aromatic carbocycles. The third-order valence-electron chi connectivity index (χ3n) is 3.00. The number of nitrogens with zero attached hydrogens (tertiary/aromatic N) is 1. The van der Waals surface area contributed by atoms with Gasteiger partial charge in [-0.15, -0.1) is 11.8 Å². The Morgan fingerprint density at radius 1 is 1.58 bits per heavy atom. The predicted molar refractivity (Wildman–Crippen MR) is 91.9 cm³/mol. The SMILES string of the molecule is COC1CNN(SC(=O)Nc2cc(SCC(=O)O)c(Cl)cc2F)C1. The molecular formula is C13H15ClFN3O4S2. The molecule has 1 saturated heterocycles. The van der Waals surface area contributed by atoms with E-state index in [2.05, 4.69) is 10.7 Å². The third-order valence-corrected chi connectivity index (χ3v) is 5.23. The molecular weight excluding hydrogens is 381 g/mol. The number of hydrogen-bond acceptors (Lipinski definition) is 7. The van der Waals surface area contributed by atoms with Crippen LogP contribution in [0.25, 0.3) is 0 Å². The number of amides is 1. The smallest absolute Gasteiger partial charge is 0.313 e. The lowest BCUT2D eigenvalue weighted by atomic mass is 10.3. The summed E-state index contributed by atoms with van der Waals surface area (Å²) in [5.74, 6) is -1.93. The van der Waals surface area contributed by atoms with Crippen LogP contribution in [-0.2, 0) is 9.53 Å². The molecule has 7 nitrogen and oxygen atoms in total. The number of aliphatic carboxylic acids is 1. The van der Waals surface area contributed by atoms with Gasteiger partial charge in [0.1, 0.15) is 5.82 Å². The van der Waals surface area contributed by atoms with Crippen molar-refractivity contribution < 1.29 is 23.8 Å². The van der Waals surface area contributed by atoms with Crippen LogP contribution < -0.4 is 10.7 Å². The van der Waals surface area contributed by atoms with E-state index in [-0.39, 0.29) is 22.6 Å². The lowest BCUT2D eigenvalue weighted by Crippen LogP contribution is -2.26. The van der Waals surface area contributed by atoms with Crippen LogP contribution >= 0.6 is 35.3 Å². The van der Waals surface area contributed by atoms with Gasteiger partial charge in [-0.3, -0.25) is 9.59 Å². The number of anilines is 1. The number of hydrazine groups is 1. The van der Waals surface area contributed by atoms with Crippen LogP contribution in [-0.4, -0.2) is 52.8 Å². The van der Waals surface area contributed by atoms with Crippen LogP contribution in [0.3, 0.4) is 0 Å². The van der Waals surface area contributed by atoms with Crippen LogP contribution in [0.15, 0.2) is 17.0 Å². The molecule has 1 atom stereocenters. The number of nitrogens with one attached hydrogen (secondary N) is 2. The zero-order valence-electron chi connectivity index (χ0n) is 12.5. The number of thioether (sulfide) groups is 1. The van der Waals surface area contributed by atoms with Crippen molar-refractivity contribution in [1.29, 1.82) is 0 Å². The minimum Gasteiger partial charge on any atom is -0.481 e. The average molecular weight is 396 g/mol. The molecule has 2 rings (SSSR count). The van der Waals surface area contributed by atoms with E-state index < -0.39 is 17.0 Å². The Balaban J connectivity index is 1.99. The van der Waals surface area contributed by atoms with E-state index >= 15 is 0 Å².